The first-order valence-corrected chi connectivity index (χ1v) is 4.18. The molecule has 0 amide bonds. The number of aryl methyl sites for hydroxylation is 1. The van der Waals surface area contributed by atoms with E-state index in [-0.39, 0.29) is 24.2 Å². The van der Waals surface area contributed by atoms with Crippen LogP contribution in [0.25, 0.3) is 0 Å². The first kappa shape index (κ1) is 10.6. The number of phenols is 1. The van der Waals surface area contributed by atoms with Gasteiger partial charge in [0.1, 0.15) is 12.0 Å². The Labute approximate surface area is 80.2 Å². The summed E-state index contributed by atoms with van der Waals surface area (Å²) in [5.74, 6) is -0.185. The normalized spacial score (nSPS) is 10.5. The van der Waals surface area contributed by atoms with Crippen molar-refractivity contribution in [2.45, 2.75) is 19.3 Å². The van der Waals surface area contributed by atoms with Gasteiger partial charge in [0.2, 0.25) is 0 Å². The van der Waals surface area contributed by atoms with E-state index in [1.165, 1.54) is 12.1 Å². The molecule has 4 heteroatoms. The highest BCUT2D eigenvalue weighted by atomic mass is 19.3. The van der Waals surface area contributed by atoms with E-state index in [9.17, 15) is 13.6 Å². The quantitative estimate of drug-likeness (QED) is 0.758. The van der Waals surface area contributed by atoms with Gasteiger partial charge in [0, 0.05) is 12.0 Å². The number of hydrogen-bond donors (Lipinski definition) is 1. The molecular formula is C10H10F2O2. The van der Waals surface area contributed by atoms with Crippen LogP contribution in [0.5, 0.6) is 5.75 Å². The lowest BCUT2D eigenvalue weighted by molar-refractivity contribution is -0.107. The van der Waals surface area contributed by atoms with Crippen LogP contribution in [0.2, 0.25) is 0 Å². The summed E-state index contributed by atoms with van der Waals surface area (Å²) in [7, 11) is 0. The summed E-state index contributed by atoms with van der Waals surface area (Å²) in [5, 5.41) is 9.01. The number of halogens is 2. The third kappa shape index (κ3) is 2.52. The molecule has 0 spiro atoms. The van der Waals surface area contributed by atoms with Crippen molar-refractivity contribution in [3.05, 3.63) is 29.3 Å². The molecule has 14 heavy (non-hydrogen) atoms. The second-order valence-electron chi connectivity index (χ2n) is 2.89. The molecule has 76 valence electrons. The van der Waals surface area contributed by atoms with E-state index in [0.29, 0.717) is 11.8 Å². The summed E-state index contributed by atoms with van der Waals surface area (Å²) in [4.78, 5) is 10.1. The number of aldehydes is 1. The van der Waals surface area contributed by atoms with Crippen LogP contribution in [-0.2, 0) is 11.2 Å². The first-order chi connectivity index (χ1) is 6.65. The zero-order valence-corrected chi connectivity index (χ0v) is 7.41. The Morgan fingerprint density at radius 3 is 2.71 bits per heavy atom. The van der Waals surface area contributed by atoms with Crippen molar-refractivity contribution in [1.29, 1.82) is 0 Å². The molecule has 1 aromatic rings. The number of benzene rings is 1. The minimum absolute atomic E-state index is 0.185. The third-order valence-corrected chi connectivity index (χ3v) is 1.90. The lowest BCUT2D eigenvalue weighted by atomic mass is 10.0. The lowest BCUT2D eigenvalue weighted by Gasteiger charge is -2.07. The molecule has 0 aliphatic rings. The molecule has 0 atom stereocenters. The van der Waals surface area contributed by atoms with Gasteiger partial charge in [-0.25, -0.2) is 8.78 Å². The van der Waals surface area contributed by atoms with Gasteiger partial charge in [-0.2, -0.15) is 0 Å². The van der Waals surface area contributed by atoms with Crippen LogP contribution in [0.3, 0.4) is 0 Å². The van der Waals surface area contributed by atoms with Gasteiger partial charge < -0.3 is 9.90 Å². The average Bonchev–Trinajstić information content (AvgIpc) is 2.15. The van der Waals surface area contributed by atoms with Gasteiger partial charge in [-0.3, -0.25) is 0 Å². The fraction of sp³-hybridized carbons (Fsp3) is 0.300. The van der Waals surface area contributed by atoms with Crippen LogP contribution in [0, 0.1) is 0 Å². The van der Waals surface area contributed by atoms with E-state index >= 15 is 0 Å². The van der Waals surface area contributed by atoms with Crippen molar-refractivity contribution >= 4 is 6.29 Å². The van der Waals surface area contributed by atoms with Crippen molar-refractivity contribution in [2.24, 2.45) is 0 Å². The SMILES string of the molecule is O=CCCc1ccc(O)cc1C(F)F. The van der Waals surface area contributed by atoms with E-state index < -0.39 is 6.43 Å². The van der Waals surface area contributed by atoms with Gasteiger partial charge in [-0.15, -0.1) is 0 Å². The molecule has 1 aromatic carbocycles. The van der Waals surface area contributed by atoms with Gasteiger partial charge in [0.25, 0.3) is 6.43 Å². The fourth-order valence-corrected chi connectivity index (χ4v) is 1.23. The monoisotopic (exact) mass is 200 g/mol. The van der Waals surface area contributed by atoms with Gasteiger partial charge in [0.05, 0.1) is 0 Å². The van der Waals surface area contributed by atoms with Crippen molar-refractivity contribution < 1.29 is 18.7 Å². The summed E-state index contributed by atoms with van der Waals surface area (Å²) < 4.78 is 24.9. The Hall–Kier alpha value is -1.45. The molecular weight excluding hydrogens is 190 g/mol. The molecule has 0 aromatic heterocycles. The number of carbonyl (C=O) groups excluding carboxylic acids is 1. The van der Waals surface area contributed by atoms with Gasteiger partial charge in [0.15, 0.2) is 0 Å². The molecule has 0 aliphatic carbocycles. The second-order valence-corrected chi connectivity index (χ2v) is 2.89. The third-order valence-electron chi connectivity index (χ3n) is 1.90. The van der Waals surface area contributed by atoms with Crippen LogP contribution in [0.4, 0.5) is 8.78 Å². The van der Waals surface area contributed by atoms with E-state index in [1.54, 1.807) is 0 Å². The van der Waals surface area contributed by atoms with Crippen LogP contribution in [0.1, 0.15) is 24.0 Å². The summed E-state index contributed by atoms with van der Waals surface area (Å²) in [5.41, 5.74) is 0.205. The van der Waals surface area contributed by atoms with Crippen molar-refractivity contribution in [3.63, 3.8) is 0 Å². The number of rotatable bonds is 4. The average molecular weight is 200 g/mol. The van der Waals surface area contributed by atoms with Crippen molar-refractivity contribution in [2.75, 3.05) is 0 Å². The zero-order valence-electron chi connectivity index (χ0n) is 7.41. The van der Waals surface area contributed by atoms with E-state index in [0.717, 1.165) is 6.07 Å². The summed E-state index contributed by atoms with van der Waals surface area (Å²) in [6.45, 7) is 0. The molecule has 0 heterocycles. The zero-order chi connectivity index (χ0) is 10.6. The predicted molar refractivity (Wildman–Crippen MR) is 47.4 cm³/mol. The Balaban J connectivity index is 2.95. The van der Waals surface area contributed by atoms with Gasteiger partial charge >= 0.3 is 0 Å². The summed E-state index contributed by atoms with van der Waals surface area (Å²) in [6.07, 6.45) is -1.44. The number of alkyl halides is 2. The van der Waals surface area contributed by atoms with Gasteiger partial charge in [-0.1, -0.05) is 6.07 Å². The van der Waals surface area contributed by atoms with Crippen LogP contribution < -0.4 is 0 Å². The lowest BCUT2D eigenvalue weighted by Crippen LogP contribution is -1.95. The first-order valence-electron chi connectivity index (χ1n) is 4.18. The molecule has 0 aliphatic heterocycles. The number of aromatic hydroxyl groups is 1. The minimum Gasteiger partial charge on any atom is -0.508 e. The van der Waals surface area contributed by atoms with Crippen molar-refractivity contribution in [1.82, 2.24) is 0 Å². The molecule has 1 rings (SSSR count). The van der Waals surface area contributed by atoms with E-state index in [4.69, 9.17) is 5.11 Å². The highest BCUT2D eigenvalue weighted by molar-refractivity contribution is 5.50. The molecule has 0 saturated heterocycles. The maximum atomic E-state index is 12.4. The highest BCUT2D eigenvalue weighted by Gasteiger charge is 2.13. The summed E-state index contributed by atoms with van der Waals surface area (Å²) in [6, 6.07) is 3.79. The van der Waals surface area contributed by atoms with Crippen LogP contribution in [0.15, 0.2) is 18.2 Å². The molecule has 0 radical (unpaired) electrons. The topological polar surface area (TPSA) is 37.3 Å². The highest BCUT2D eigenvalue weighted by Crippen LogP contribution is 2.27. The Bertz CT molecular complexity index is 324. The Kier molecular flexibility index (Phi) is 3.56. The fourth-order valence-electron chi connectivity index (χ4n) is 1.23. The molecule has 0 fully saturated rings. The van der Waals surface area contributed by atoms with Crippen LogP contribution >= 0.6 is 0 Å². The van der Waals surface area contributed by atoms with E-state index in [2.05, 4.69) is 0 Å². The van der Waals surface area contributed by atoms with Gasteiger partial charge in [-0.05, 0) is 24.1 Å². The number of hydrogen-bond acceptors (Lipinski definition) is 2. The predicted octanol–water partition coefficient (Wildman–Crippen LogP) is 2.46. The number of phenolic OH excluding ortho intramolecular Hbond substituents is 1. The number of carbonyl (C=O) groups is 1. The molecule has 0 bridgehead atoms. The largest absolute Gasteiger partial charge is 0.508 e. The molecule has 0 saturated carbocycles. The molecule has 0 unspecified atom stereocenters. The minimum atomic E-state index is -2.62. The van der Waals surface area contributed by atoms with E-state index in [1.807, 2.05) is 0 Å². The van der Waals surface area contributed by atoms with Crippen molar-refractivity contribution in [3.8, 4) is 5.75 Å². The Morgan fingerprint density at radius 1 is 1.43 bits per heavy atom. The summed E-state index contributed by atoms with van der Waals surface area (Å²) >= 11 is 0. The maximum absolute atomic E-state index is 12.4. The standard InChI is InChI=1S/C10H10F2O2/c11-10(12)9-6-8(14)4-3-7(9)2-1-5-13/h3-6,10,14H,1-2H2. The maximum Gasteiger partial charge on any atom is 0.264 e. The molecule has 1 N–H and O–H groups in total. The second kappa shape index (κ2) is 4.69. The smallest absolute Gasteiger partial charge is 0.264 e. The Morgan fingerprint density at radius 2 is 2.14 bits per heavy atom. The molecule has 2 nitrogen and oxygen atoms in total. The van der Waals surface area contributed by atoms with Crippen LogP contribution in [-0.4, -0.2) is 11.4 Å².